The predicted octanol–water partition coefficient (Wildman–Crippen LogP) is 2.42. The fourth-order valence-corrected chi connectivity index (χ4v) is 4.18. The van der Waals surface area contributed by atoms with Gasteiger partial charge in [0.1, 0.15) is 11.5 Å². The Morgan fingerprint density at radius 1 is 1.12 bits per heavy atom. The lowest BCUT2D eigenvalue weighted by atomic mass is 9.98. The highest BCUT2D eigenvalue weighted by atomic mass is 16.5. The molecule has 1 aromatic carbocycles. The van der Waals surface area contributed by atoms with Gasteiger partial charge in [0, 0.05) is 43.7 Å². The van der Waals surface area contributed by atoms with E-state index in [4.69, 9.17) is 0 Å². The first-order valence-electron chi connectivity index (χ1n) is 10.5. The van der Waals surface area contributed by atoms with Crippen LogP contribution in [0.25, 0.3) is 0 Å². The van der Waals surface area contributed by atoms with E-state index in [-0.39, 0.29) is 11.6 Å². The zero-order valence-electron chi connectivity index (χ0n) is 18.2. The molecular weight excluding hydrogens is 426 g/mol. The quantitative estimate of drug-likeness (QED) is 0.562. The van der Waals surface area contributed by atoms with Crippen molar-refractivity contribution in [2.75, 3.05) is 42.8 Å². The van der Waals surface area contributed by atoms with Gasteiger partial charge >= 0.3 is 6.09 Å². The van der Waals surface area contributed by atoms with Crippen LogP contribution in [0, 0.1) is 0 Å². The van der Waals surface area contributed by atoms with Gasteiger partial charge in [-0.15, -0.1) is 0 Å². The number of aromatic amines is 1. The third-order valence-corrected chi connectivity index (χ3v) is 5.90. The zero-order chi connectivity index (χ0) is 23.1. The normalized spacial score (nSPS) is 14.7. The molecule has 0 unspecified atom stereocenters. The summed E-state index contributed by atoms with van der Waals surface area (Å²) in [5.41, 5.74) is 3.27. The Bertz CT molecular complexity index is 1260. The highest BCUT2D eigenvalue weighted by Crippen LogP contribution is 2.34. The monoisotopic (exact) mass is 449 g/mol. The van der Waals surface area contributed by atoms with Crippen LogP contribution in [0.1, 0.15) is 26.4 Å². The van der Waals surface area contributed by atoms with Gasteiger partial charge in [-0.3, -0.25) is 14.9 Å². The summed E-state index contributed by atoms with van der Waals surface area (Å²) in [6.45, 7) is 2.11. The summed E-state index contributed by atoms with van der Waals surface area (Å²) in [7, 11) is 3.06. The van der Waals surface area contributed by atoms with E-state index in [0.29, 0.717) is 24.6 Å². The summed E-state index contributed by atoms with van der Waals surface area (Å²) in [5, 5.41) is 9.75. The number of amides is 3. The highest BCUT2D eigenvalue weighted by molar-refractivity contribution is 6.08. The largest absolute Gasteiger partial charge is 0.453 e. The Morgan fingerprint density at radius 3 is 2.79 bits per heavy atom. The van der Waals surface area contributed by atoms with Crippen molar-refractivity contribution in [3.63, 3.8) is 0 Å². The van der Waals surface area contributed by atoms with Crippen molar-refractivity contribution in [2.24, 2.45) is 0 Å². The van der Waals surface area contributed by atoms with Crippen LogP contribution in [0.5, 0.6) is 0 Å². The number of carbonyl (C=O) groups is 3. The first-order valence-corrected chi connectivity index (χ1v) is 10.5. The van der Waals surface area contributed by atoms with Crippen molar-refractivity contribution in [3.8, 4) is 0 Å². The maximum Gasteiger partial charge on any atom is 0.411 e. The average molecular weight is 449 g/mol. The van der Waals surface area contributed by atoms with Crippen LogP contribution in [0.4, 0.5) is 27.8 Å². The van der Waals surface area contributed by atoms with Gasteiger partial charge in [0.15, 0.2) is 5.82 Å². The lowest BCUT2D eigenvalue weighted by molar-refractivity contribution is 0.0780. The van der Waals surface area contributed by atoms with Gasteiger partial charge in [-0.2, -0.15) is 5.10 Å². The number of carbonyl (C=O) groups excluding carboxylic acids is 3. The average Bonchev–Trinajstić information content (AvgIpc) is 3.52. The molecule has 11 heteroatoms. The minimum absolute atomic E-state index is 0.0460. The van der Waals surface area contributed by atoms with Gasteiger partial charge < -0.3 is 24.8 Å². The Labute approximate surface area is 189 Å². The van der Waals surface area contributed by atoms with E-state index in [9.17, 15) is 14.4 Å². The molecule has 2 aliphatic rings. The summed E-state index contributed by atoms with van der Waals surface area (Å²) in [6, 6.07) is 9.26. The molecule has 0 spiro atoms. The molecule has 0 saturated heterocycles. The molecule has 0 bridgehead atoms. The van der Waals surface area contributed by atoms with Crippen molar-refractivity contribution >= 4 is 40.9 Å². The number of rotatable bonds is 4. The molecule has 2 aliphatic heterocycles. The van der Waals surface area contributed by atoms with E-state index in [1.165, 1.54) is 7.11 Å². The van der Waals surface area contributed by atoms with Gasteiger partial charge in [-0.05, 0) is 36.2 Å². The Morgan fingerprint density at radius 2 is 1.97 bits per heavy atom. The molecular formula is C22H23N7O4. The summed E-state index contributed by atoms with van der Waals surface area (Å²) in [4.78, 5) is 43.3. The SMILES string of the molecule is COC(=O)Nc1cc[nH]c1C(=O)Nc1cc2n(n1)CCN2c1ccc2c(c1)CCN(C)C2=O. The molecule has 3 N–H and O–H groups in total. The van der Waals surface area contributed by atoms with Gasteiger partial charge in [-0.25, -0.2) is 9.48 Å². The number of likely N-dealkylation sites (N-methyl/N-ethyl adjacent to an activating group) is 1. The summed E-state index contributed by atoms with van der Waals surface area (Å²) >= 11 is 0. The molecule has 0 atom stereocenters. The van der Waals surface area contributed by atoms with Crippen molar-refractivity contribution in [2.45, 2.75) is 13.0 Å². The minimum atomic E-state index is -0.668. The number of benzene rings is 1. The Kier molecular flexibility index (Phi) is 5.00. The van der Waals surface area contributed by atoms with Crippen molar-refractivity contribution < 1.29 is 19.1 Å². The molecule has 3 amide bonds. The van der Waals surface area contributed by atoms with E-state index in [2.05, 4.69) is 36.4 Å². The number of aromatic nitrogens is 3. The van der Waals surface area contributed by atoms with Gasteiger partial charge in [-0.1, -0.05) is 0 Å². The van der Waals surface area contributed by atoms with Crippen LogP contribution in [0.3, 0.4) is 0 Å². The van der Waals surface area contributed by atoms with Gasteiger partial charge in [0.05, 0.1) is 19.3 Å². The number of H-pyrrole nitrogens is 1. The molecule has 33 heavy (non-hydrogen) atoms. The van der Waals surface area contributed by atoms with Crippen LogP contribution in [-0.2, 0) is 17.7 Å². The zero-order valence-corrected chi connectivity index (χ0v) is 18.2. The number of nitrogens with zero attached hydrogens (tertiary/aromatic N) is 4. The maximum atomic E-state index is 12.7. The number of hydrogen-bond donors (Lipinski definition) is 3. The molecule has 3 aromatic rings. The molecule has 5 rings (SSSR count). The molecule has 2 aromatic heterocycles. The van der Waals surface area contributed by atoms with E-state index in [1.807, 2.05) is 23.9 Å². The van der Waals surface area contributed by atoms with Crippen LogP contribution >= 0.6 is 0 Å². The summed E-state index contributed by atoms with van der Waals surface area (Å²) in [6.07, 6.45) is 1.70. The number of hydrogen-bond acceptors (Lipinski definition) is 6. The minimum Gasteiger partial charge on any atom is -0.453 e. The lowest BCUT2D eigenvalue weighted by Gasteiger charge is -2.26. The number of nitrogens with one attached hydrogen (secondary N) is 3. The Hall–Kier alpha value is -4.28. The fourth-order valence-electron chi connectivity index (χ4n) is 4.18. The second-order valence-corrected chi connectivity index (χ2v) is 7.92. The molecule has 11 nitrogen and oxygen atoms in total. The molecule has 0 aliphatic carbocycles. The molecule has 4 heterocycles. The molecule has 0 radical (unpaired) electrons. The third-order valence-electron chi connectivity index (χ3n) is 5.90. The third kappa shape index (κ3) is 3.67. The standard InChI is InChI=1S/C22H23N7O4/c1-27-8-6-13-11-14(3-4-15(13)21(27)31)28-9-10-29-18(28)12-17(26-29)25-20(30)19-16(5-7-23-19)24-22(32)33-2/h3-5,7,11-12,23H,6,8-10H2,1-2H3,(H,24,32)(H,25,26,30). The van der Waals surface area contributed by atoms with E-state index >= 15 is 0 Å². The van der Waals surface area contributed by atoms with Crippen LogP contribution in [0.15, 0.2) is 36.5 Å². The predicted molar refractivity (Wildman–Crippen MR) is 121 cm³/mol. The Balaban J connectivity index is 1.35. The van der Waals surface area contributed by atoms with Crippen LogP contribution in [0.2, 0.25) is 0 Å². The van der Waals surface area contributed by atoms with Gasteiger partial charge in [0.25, 0.3) is 11.8 Å². The van der Waals surface area contributed by atoms with Crippen molar-refractivity contribution in [1.29, 1.82) is 0 Å². The first kappa shape index (κ1) is 20.6. The number of methoxy groups -OCH3 is 1. The topological polar surface area (TPSA) is 125 Å². The van der Waals surface area contributed by atoms with Crippen molar-refractivity contribution in [3.05, 3.63) is 53.3 Å². The number of ether oxygens (including phenoxy) is 1. The smallest absolute Gasteiger partial charge is 0.411 e. The first-order chi connectivity index (χ1) is 15.9. The van der Waals surface area contributed by atoms with Crippen LogP contribution in [-0.4, -0.2) is 64.8 Å². The molecule has 170 valence electrons. The molecule has 0 fully saturated rings. The van der Waals surface area contributed by atoms with Gasteiger partial charge in [0.2, 0.25) is 0 Å². The molecule has 0 saturated carbocycles. The highest BCUT2D eigenvalue weighted by Gasteiger charge is 2.27. The van der Waals surface area contributed by atoms with E-state index in [0.717, 1.165) is 35.6 Å². The fraction of sp³-hybridized carbons (Fsp3) is 0.273. The summed E-state index contributed by atoms with van der Waals surface area (Å²) < 4.78 is 6.41. The second-order valence-electron chi connectivity index (χ2n) is 7.92. The van der Waals surface area contributed by atoms with E-state index < -0.39 is 12.0 Å². The number of anilines is 4. The number of fused-ring (bicyclic) bond motifs is 2. The second kappa shape index (κ2) is 8.01. The maximum absolute atomic E-state index is 12.7. The summed E-state index contributed by atoms with van der Waals surface area (Å²) in [5.74, 6) is 0.854. The van der Waals surface area contributed by atoms with E-state index in [1.54, 1.807) is 23.2 Å². The van der Waals surface area contributed by atoms with Crippen molar-refractivity contribution in [1.82, 2.24) is 19.7 Å². The lowest BCUT2D eigenvalue weighted by Crippen LogP contribution is -2.34. The van der Waals surface area contributed by atoms with Crippen LogP contribution < -0.4 is 15.5 Å².